The molecule has 0 aliphatic rings. The van der Waals surface area contributed by atoms with Crippen LogP contribution in [0.4, 0.5) is 0 Å². The van der Waals surface area contributed by atoms with Crippen LogP contribution in [-0.4, -0.2) is 0 Å². The molecule has 12 heavy (non-hydrogen) atoms. The van der Waals surface area contributed by atoms with Crippen LogP contribution in [0.1, 0.15) is 24.3 Å². The summed E-state index contributed by atoms with van der Waals surface area (Å²) in [5.41, 5.74) is 1.30. The van der Waals surface area contributed by atoms with Crippen LogP contribution in [0.3, 0.4) is 0 Å². The second-order valence-electron chi connectivity index (χ2n) is 2.80. The highest BCUT2D eigenvalue weighted by molar-refractivity contribution is 5.21. The number of terminal acetylenes is 1. The first-order valence-corrected chi connectivity index (χ1v) is 4.16. The maximum atomic E-state index is 5.26. The van der Waals surface area contributed by atoms with Gasteiger partial charge in [0.1, 0.15) is 0 Å². The summed E-state index contributed by atoms with van der Waals surface area (Å²) >= 11 is 0. The fraction of sp³-hybridized carbons (Fsp3) is 0.250. The average Bonchev–Trinajstić information content (AvgIpc) is 2.15. The van der Waals surface area contributed by atoms with Crippen LogP contribution in [0, 0.1) is 19.3 Å². The predicted octanol–water partition coefficient (Wildman–Crippen LogP) is 3.02. The van der Waals surface area contributed by atoms with E-state index in [1.54, 1.807) is 0 Å². The van der Waals surface area contributed by atoms with E-state index >= 15 is 0 Å². The van der Waals surface area contributed by atoms with Gasteiger partial charge in [0.25, 0.3) is 0 Å². The van der Waals surface area contributed by atoms with Crippen molar-refractivity contribution in [1.29, 1.82) is 0 Å². The highest BCUT2D eigenvalue weighted by atomic mass is 14.1. The van der Waals surface area contributed by atoms with Gasteiger partial charge in [-0.1, -0.05) is 37.3 Å². The van der Waals surface area contributed by atoms with Crippen molar-refractivity contribution in [2.75, 3.05) is 0 Å². The van der Waals surface area contributed by atoms with E-state index in [1.807, 2.05) is 18.2 Å². The standard InChI is InChI=1S/C12H13/c1-3-8-11(4-2)12-9-6-5-7-10-12/h1,5-7,9-11H,2,4,8H2. The van der Waals surface area contributed by atoms with Gasteiger partial charge in [0.2, 0.25) is 0 Å². The molecule has 0 bridgehead atoms. The smallest absolute Gasteiger partial charge is 0.0155 e. The van der Waals surface area contributed by atoms with Gasteiger partial charge in [-0.25, -0.2) is 0 Å². The third-order valence-electron chi connectivity index (χ3n) is 1.98. The molecule has 0 nitrogen and oxygen atoms in total. The summed E-state index contributed by atoms with van der Waals surface area (Å²) < 4.78 is 0. The van der Waals surface area contributed by atoms with Gasteiger partial charge in [0, 0.05) is 6.42 Å². The summed E-state index contributed by atoms with van der Waals surface area (Å²) in [7, 11) is 0. The zero-order valence-electron chi connectivity index (χ0n) is 7.16. The average molecular weight is 157 g/mol. The van der Waals surface area contributed by atoms with Crippen molar-refractivity contribution in [2.45, 2.75) is 18.8 Å². The molecule has 0 N–H and O–H groups in total. The SMILES string of the molecule is C#CCC(C[CH2])c1ccccc1. The molecule has 1 radical (unpaired) electrons. The zero-order chi connectivity index (χ0) is 8.81. The number of hydrogen-bond acceptors (Lipinski definition) is 0. The Labute approximate surface area is 74.6 Å². The summed E-state index contributed by atoms with van der Waals surface area (Å²) in [6, 6.07) is 10.3. The minimum absolute atomic E-state index is 0.427. The van der Waals surface area contributed by atoms with Gasteiger partial charge >= 0.3 is 0 Å². The van der Waals surface area contributed by atoms with Gasteiger partial charge in [-0.3, -0.25) is 0 Å². The summed E-state index contributed by atoms with van der Waals surface area (Å²) in [6.45, 7) is 3.89. The molecule has 0 aromatic heterocycles. The quantitative estimate of drug-likeness (QED) is 0.592. The van der Waals surface area contributed by atoms with Crippen molar-refractivity contribution in [3.8, 4) is 12.3 Å². The molecule has 0 heterocycles. The highest BCUT2D eigenvalue weighted by Crippen LogP contribution is 2.21. The molecule has 0 saturated carbocycles. The van der Waals surface area contributed by atoms with Crippen molar-refractivity contribution in [3.63, 3.8) is 0 Å². The summed E-state index contributed by atoms with van der Waals surface area (Å²) in [4.78, 5) is 0. The van der Waals surface area contributed by atoms with Gasteiger partial charge in [0.15, 0.2) is 0 Å². The molecule has 0 saturated heterocycles. The third-order valence-corrected chi connectivity index (χ3v) is 1.98. The first-order valence-electron chi connectivity index (χ1n) is 4.16. The van der Waals surface area contributed by atoms with Crippen molar-refractivity contribution in [1.82, 2.24) is 0 Å². The fourth-order valence-electron chi connectivity index (χ4n) is 1.25. The first kappa shape index (κ1) is 8.87. The Balaban J connectivity index is 2.75. The minimum atomic E-state index is 0.427. The second kappa shape index (κ2) is 4.62. The van der Waals surface area contributed by atoms with Gasteiger partial charge < -0.3 is 0 Å². The zero-order valence-corrected chi connectivity index (χ0v) is 7.16. The van der Waals surface area contributed by atoms with Crippen LogP contribution in [-0.2, 0) is 0 Å². The Morgan fingerprint density at radius 3 is 2.50 bits per heavy atom. The molecular weight excluding hydrogens is 144 g/mol. The van der Waals surface area contributed by atoms with Crippen molar-refractivity contribution in [2.24, 2.45) is 0 Å². The van der Waals surface area contributed by atoms with Crippen molar-refractivity contribution >= 4 is 0 Å². The summed E-state index contributed by atoms with van der Waals surface area (Å²) in [5, 5.41) is 0. The normalized spacial score (nSPS) is 12.0. The Kier molecular flexibility index (Phi) is 3.41. The summed E-state index contributed by atoms with van der Waals surface area (Å²) in [6.07, 6.45) is 6.92. The van der Waals surface area contributed by atoms with Crippen LogP contribution >= 0.6 is 0 Å². The second-order valence-corrected chi connectivity index (χ2v) is 2.80. The lowest BCUT2D eigenvalue weighted by atomic mass is 9.94. The van der Waals surface area contributed by atoms with E-state index in [4.69, 9.17) is 6.42 Å². The van der Waals surface area contributed by atoms with E-state index in [1.165, 1.54) is 5.56 Å². The Morgan fingerprint density at radius 2 is 2.00 bits per heavy atom. The molecule has 1 aromatic carbocycles. The monoisotopic (exact) mass is 157 g/mol. The first-order chi connectivity index (χ1) is 5.88. The van der Waals surface area contributed by atoms with Gasteiger partial charge in [0.05, 0.1) is 0 Å². The highest BCUT2D eigenvalue weighted by Gasteiger charge is 2.05. The number of benzene rings is 1. The Hall–Kier alpha value is -1.22. The van der Waals surface area contributed by atoms with Crippen molar-refractivity contribution in [3.05, 3.63) is 42.8 Å². The van der Waals surface area contributed by atoms with Crippen LogP contribution in [0.15, 0.2) is 30.3 Å². The molecule has 0 heteroatoms. The molecule has 0 amide bonds. The molecule has 0 aliphatic carbocycles. The van der Waals surface area contributed by atoms with E-state index in [9.17, 15) is 0 Å². The van der Waals surface area contributed by atoms with E-state index in [0.29, 0.717) is 5.92 Å². The topological polar surface area (TPSA) is 0 Å². The lowest BCUT2D eigenvalue weighted by Crippen LogP contribution is -1.94. The summed E-state index contributed by atoms with van der Waals surface area (Å²) in [5.74, 6) is 3.10. The molecule has 61 valence electrons. The maximum Gasteiger partial charge on any atom is 0.0155 e. The van der Waals surface area contributed by atoms with Crippen LogP contribution in [0.25, 0.3) is 0 Å². The fourth-order valence-corrected chi connectivity index (χ4v) is 1.25. The minimum Gasteiger partial charge on any atom is -0.120 e. The van der Waals surface area contributed by atoms with Gasteiger partial charge in [-0.15, -0.1) is 12.3 Å². The molecule has 1 rings (SSSR count). The molecule has 0 aliphatic heterocycles. The predicted molar refractivity (Wildman–Crippen MR) is 52.6 cm³/mol. The lowest BCUT2D eigenvalue weighted by molar-refractivity contribution is 0.722. The lowest BCUT2D eigenvalue weighted by Gasteiger charge is -2.10. The number of rotatable bonds is 3. The Bertz CT molecular complexity index is 253. The van der Waals surface area contributed by atoms with Crippen LogP contribution in [0.5, 0.6) is 0 Å². The van der Waals surface area contributed by atoms with Gasteiger partial charge in [-0.2, -0.15) is 0 Å². The molecule has 1 aromatic rings. The Morgan fingerprint density at radius 1 is 1.33 bits per heavy atom. The van der Waals surface area contributed by atoms with E-state index in [-0.39, 0.29) is 0 Å². The third kappa shape index (κ3) is 2.13. The largest absolute Gasteiger partial charge is 0.120 e. The molecular formula is C12H13. The van der Waals surface area contributed by atoms with E-state index in [2.05, 4.69) is 25.0 Å². The van der Waals surface area contributed by atoms with E-state index in [0.717, 1.165) is 12.8 Å². The van der Waals surface area contributed by atoms with Gasteiger partial charge in [-0.05, 0) is 17.9 Å². The van der Waals surface area contributed by atoms with Crippen molar-refractivity contribution < 1.29 is 0 Å². The molecule has 0 spiro atoms. The van der Waals surface area contributed by atoms with Crippen LogP contribution in [0.2, 0.25) is 0 Å². The maximum absolute atomic E-state index is 5.26. The number of hydrogen-bond donors (Lipinski definition) is 0. The van der Waals surface area contributed by atoms with Crippen LogP contribution < -0.4 is 0 Å². The van der Waals surface area contributed by atoms with E-state index < -0.39 is 0 Å². The molecule has 1 atom stereocenters. The molecule has 1 unspecified atom stereocenters. The molecule has 0 fully saturated rings.